The third-order valence-corrected chi connectivity index (χ3v) is 3.96. The van der Waals surface area contributed by atoms with E-state index >= 15 is 0 Å². The molecule has 0 saturated carbocycles. The fourth-order valence-electron chi connectivity index (χ4n) is 2.34. The van der Waals surface area contributed by atoms with Crippen molar-refractivity contribution in [3.8, 4) is 0 Å². The maximum absolute atomic E-state index is 11.7. The van der Waals surface area contributed by atoms with E-state index in [1.165, 1.54) is 0 Å². The summed E-state index contributed by atoms with van der Waals surface area (Å²) in [6.07, 6.45) is 3.78. The van der Waals surface area contributed by atoms with Crippen LogP contribution in [0.15, 0.2) is 0 Å². The van der Waals surface area contributed by atoms with Crippen LogP contribution in [0.3, 0.4) is 0 Å². The SMILES string of the molecule is CCCCCCC(=O)CCC(=O)CCC(=O)CCC(=O)CCOC(=O)O. The Morgan fingerprint density at radius 2 is 1.04 bits per heavy atom. The molecule has 0 fully saturated rings. The highest BCUT2D eigenvalue weighted by molar-refractivity contribution is 5.90. The van der Waals surface area contributed by atoms with E-state index in [0.29, 0.717) is 6.42 Å². The number of rotatable bonds is 17. The van der Waals surface area contributed by atoms with Gasteiger partial charge in [-0.3, -0.25) is 19.2 Å². The van der Waals surface area contributed by atoms with Gasteiger partial charge in [0.15, 0.2) is 0 Å². The van der Waals surface area contributed by atoms with Crippen molar-refractivity contribution in [2.24, 2.45) is 0 Å². The average Bonchev–Trinajstić information content (AvgIpc) is 2.59. The van der Waals surface area contributed by atoms with Gasteiger partial charge >= 0.3 is 6.16 Å². The highest BCUT2D eigenvalue weighted by Crippen LogP contribution is 2.08. The Morgan fingerprint density at radius 3 is 1.46 bits per heavy atom. The Labute approximate surface area is 154 Å². The third kappa shape index (κ3) is 15.5. The molecule has 0 aliphatic carbocycles. The zero-order valence-electron chi connectivity index (χ0n) is 15.6. The van der Waals surface area contributed by atoms with Crippen LogP contribution in [0.4, 0.5) is 4.79 Å². The first-order chi connectivity index (χ1) is 12.3. The van der Waals surface area contributed by atoms with Gasteiger partial charge in [-0.25, -0.2) is 4.79 Å². The van der Waals surface area contributed by atoms with Gasteiger partial charge in [0.25, 0.3) is 0 Å². The topological polar surface area (TPSA) is 115 Å². The molecule has 0 rings (SSSR count). The predicted molar refractivity (Wildman–Crippen MR) is 95.1 cm³/mol. The van der Waals surface area contributed by atoms with Crippen LogP contribution in [-0.2, 0) is 23.9 Å². The van der Waals surface area contributed by atoms with E-state index in [4.69, 9.17) is 5.11 Å². The van der Waals surface area contributed by atoms with Crippen molar-refractivity contribution in [3.05, 3.63) is 0 Å². The Balaban J connectivity index is 3.71. The second-order valence-electron chi connectivity index (χ2n) is 6.33. The Kier molecular flexibility index (Phi) is 14.0. The maximum Gasteiger partial charge on any atom is 0.505 e. The molecule has 26 heavy (non-hydrogen) atoms. The Morgan fingerprint density at radius 1 is 0.615 bits per heavy atom. The molecule has 1 N–H and O–H groups in total. The van der Waals surface area contributed by atoms with Crippen LogP contribution in [0.1, 0.15) is 84.0 Å². The first-order valence-corrected chi connectivity index (χ1v) is 9.27. The first kappa shape index (κ1) is 23.9. The Hall–Kier alpha value is -2.05. The van der Waals surface area contributed by atoms with Crippen LogP contribution in [0.2, 0.25) is 0 Å². The molecule has 0 bridgehead atoms. The predicted octanol–water partition coefficient (Wildman–Crippen LogP) is 3.66. The number of hydrogen-bond acceptors (Lipinski definition) is 6. The van der Waals surface area contributed by atoms with E-state index in [9.17, 15) is 24.0 Å². The van der Waals surface area contributed by atoms with Crippen LogP contribution < -0.4 is 0 Å². The van der Waals surface area contributed by atoms with E-state index in [1.54, 1.807) is 0 Å². The van der Waals surface area contributed by atoms with Gasteiger partial charge in [-0.2, -0.15) is 0 Å². The number of unbranched alkanes of at least 4 members (excludes halogenated alkanes) is 3. The lowest BCUT2D eigenvalue weighted by Gasteiger charge is -2.03. The van der Waals surface area contributed by atoms with Crippen LogP contribution in [0.5, 0.6) is 0 Å². The first-order valence-electron chi connectivity index (χ1n) is 9.27. The third-order valence-electron chi connectivity index (χ3n) is 3.96. The van der Waals surface area contributed by atoms with Crippen LogP contribution in [-0.4, -0.2) is 41.0 Å². The zero-order chi connectivity index (χ0) is 19.8. The fourth-order valence-corrected chi connectivity index (χ4v) is 2.34. The Bertz CT molecular complexity index is 482. The van der Waals surface area contributed by atoms with Gasteiger partial charge in [-0.05, 0) is 6.42 Å². The van der Waals surface area contributed by atoms with E-state index in [1.807, 2.05) is 0 Å². The lowest BCUT2D eigenvalue weighted by Crippen LogP contribution is -2.10. The van der Waals surface area contributed by atoms with Gasteiger partial charge < -0.3 is 9.84 Å². The lowest BCUT2D eigenvalue weighted by atomic mass is 10.0. The van der Waals surface area contributed by atoms with Crippen LogP contribution >= 0.6 is 0 Å². The number of carboxylic acid groups (broad SMARTS) is 1. The summed E-state index contributed by atoms with van der Waals surface area (Å²) in [4.78, 5) is 56.6. The van der Waals surface area contributed by atoms with Crippen molar-refractivity contribution in [3.63, 3.8) is 0 Å². The van der Waals surface area contributed by atoms with Crippen molar-refractivity contribution in [1.82, 2.24) is 0 Å². The quantitative estimate of drug-likeness (QED) is 0.307. The molecule has 7 nitrogen and oxygen atoms in total. The number of carbonyl (C=O) groups is 5. The molecule has 0 aliphatic rings. The molecule has 0 unspecified atom stereocenters. The van der Waals surface area contributed by atoms with Gasteiger partial charge in [0.2, 0.25) is 0 Å². The van der Waals surface area contributed by atoms with E-state index in [2.05, 4.69) is 11.7 Å². The molecule has 0 saturated heterocycles. The molecular weight excluding hydrogens is 340 g/mol. The summed E-state index contributed by atoms with van der Waals surface area (Å²) in [5.74, 6) is -0.451. The van der Waals surface area contributed by atoms with E-state index in [-0.39, 0.29) is 74.7 Å². The van der Waals surface area contributed by atoms with Crippen molar-refractivity contribution in [2.45, 2.75) is 84.0 Å². The van der Waals surface area contributed by atoms with Crippen molar-refractivity contribution < 1.29 is 33.8 Å². The molecule has 0 radical (unpaired) electrons. The lowest BCUT2D eigenvalue weighted by molar-refractivity contribution is -0.127. The maximum atomic E-state index is 11.7. The van der Waals surface area contributed by atoms with Crippen molar-refractivity contribution in [1.29, 1.82) is 0 Å². The molecule has 0 aliphatic heterocycles. The van der Waals surface area contributed by atoms with Gasteiger partial charge in [0, 0.05) is 51.4 Å². The molecule has 0 aromatic heterocycles. The number of ether oxygens (including phenoxy) is 1. The number of ketones is 4. The second-order valence-corrected chi connectivity index (χ2v) is 6.33. The van der Waals surface area contributed by atoms with Gasteiger partial charge in [-0.1, -0.05) is 26.2 Å². The minimum Gasteiger partial charge on any atom is -0.450 e. The summed E-state index contributed by atoms with van der Waals surface area (Å²) in [5.41, 5.74) is 0. The molecule has 0 atom stereocenters. The largest absolute Gasteiger partial charge is 0.505 e. The summed E-state index contributed by atoms with van der Waals surface area (Å²) >= 11 is 0. The van der Waals surface area contributed by atoms with Crippen LogP contribution in [0.25, 0.3) is 0 Å². The monoisotopic (exact) mass is 370 g/mol. The van der Waals surface area contributed by atoms with Gasteiger partial charge in [0.05, 0.1) is 0 Å². The van der Waals surface area contributed by atoms with Gasteiger partial charge in [0.1, 0.15) is 29.7 Å². The summed E-state index contributed by atoms with van der Waals surface area (Å²) in [7, 11) is 0. The molecule has 7 heteroatoms. The molecule has 0 amide bonds. The summed E-state index contributed by atoms with van der Waals surface area (Å²) in [6.45, 7) is 1.89. The van der Waals surface area contributed by atoms with E-state index in [0.717, 1.165) is 25.7 Å². The summed E-state index contributed by atoms with van der Waals surface area (Å²) < 4.78 is 4.22. The molecule has 0 aromatic rings. The number of hydrogen-bond donors (Lipinski definition) is 1. The smallest absolute Gasteiger partial charge is 0.450 e. The summed E-state index contributed by atoms with van der Waals surface area (Å²) in [5, 5.41) is 8.27. The zero-order valence-corrected chi connectivity index (χ0v) is 15.6. The van der Waals surface area contributed by atoms with Crippen molar-refractivity contribution >= 4 is 29.3 Å². The molecule has 0 heterocycles. The molecule has 0 aromatic carbocycles. The highest BCUT2D eigenvalue weighted by atomic mass is 16.7. The fraction of sp³-hybridized carbons (Fsp3) is 0.737. The van der Waals surface area contributed by atoms with E-state index < -0.39 is 6.16 Å². The minimum absolute atomic E-state index is 0.0201. The van der Waals surface area contributed by atoms with Gasteiger partial charge in [-0.15, -0.1) is 0 Å². The normalized spacial score (nSPS) is 10.3. The number of carbonyl (C=O) groups excluding carboxylic acids is 4. The molecular formula is C19H30O7. The molecule has 148 valence electrons. The molecule has 0 spiro atoms. The highest BCUT2D eigenvalue weighted by Gasteiger charge is 2.12. The second kappa shape index (κ2) is 15.2. The standard InChI is InChI=1S/C19H30O7/c1-2-3-4-5-6-15(20)7-8-16(21)9-10-17(22)11-12-18(23)13-14-26-19(24)25/h2-14H2,1H3,(H,24,25). The summed E-state index contributed by atoms with van der Waals surface area (Å²) in [6, 6.07) is 0. The van der Waals surface area contributed by atoms with Crippen molar-refractivity contribution in [2.75, 3.05) is 6.61 Å². The van der Waals surface area contributed by atoms with Crippen LogP contribution in [0, 0.1) is 0 Å². The number of Topliss-reactive ketones (excluding diaryl/α,β-unsaturated/α-hetero) is 4. The average molecular weight is 370 g/mol. The minimum atomic E-state index is -1.44.